The predicted molar refractivity (Wildman–Crippen MR) is 50.0 cm³/mol. The number of aliphatic hydroxyl groups is 2. The highest BCUT2D eigenvalue weighted by Crippen LogP contribution is 2.08. The van der Waals surface area contributed by atoms with Gasteiger partial charge in [-0.25, -0.2) is 0 Å². The molecule has 0 radical (unpaired) electrons. The van der Waals surface area contributed by atoms with Gasteiger partial charge in [0.1, 0.15) is 0 Å². The summed E-state index contributed by atoms with van der Waals surface area (Å²) >= 11 is 0. The van der Waals surface area contributed by atoms with Gasteiger partial charge < -0.3 is 10.2 Å². The molecular formula is C9H21NO2. The Morgan fingerprint density at radius 3 is 1.25 bits per heavy atom. The smallest absolute Gasteiger partial charge is 0.0664 e. The zero-order valence-electron chi connectivity index (χ0n) is 8.65. The Morgan fingerprint density at radius 2 is 1.08 bits per heavy atom. The summed E-state index contributed by atoms with van der Waals surface area (Å²) in [6.45, 7) is 7.42. The van der Waals surface area contributed by atoms with Gasteiger partial charge in [-0.15, -0.1) is 0 Å². The van der Waals surface area contributed by atoms with E-state index in [4.69, 9.17) is 0 Å². The van der Waals surface area contributed by atoms with Gasteiger partial charge in [-0.05, 0) is 34.7 Å². The Hall–Kier alpha value is -0.120. The molecule has 2 N–H and O–H groups in total. The summed E-state index contributed by atoms with van der Waals surface area (Å²) < 4.78 is 0. The maximum absolute atomic E-state index is 9.30. The first kappa shape index (κ1) is 11.9. The molecule has 0 fully saturated rings. The average Bonchev–Trinajstić information content (AvgIpc) is 2.00. The Labute approximate surface area is 75.0 Å². The number of likely N-dealkylation sites (N-methyl/N-ethyl adjacent to an activating group) is 1. The third kappa shape index (κ3) is 3.09. The molecule has 0 saturated carbocycles. The number of aliphatic hydroxyl groups excluding tert-OH is 2. The van der Waals surface area contributed by atoms with Gasteiger partial charge in [-0.2, -0.15) is 0 Å². The van der Waals surface area contributed by atoms with E-state index in [-0.39, 0.29) is 24.3 Å². The van der Waals surface area contributed by atoms with E-state index in [9.17, 15) is 10.2 Å². The molecule has 0 heterocycles. The highest BCUT2D eigenvalue weighted by Gasteiger charge is 2.22. The summed E-state index contributed by atoms with van der Waals surface area (Å²) in [6.07, 6.45) is -0.729. The van der Waals surface area contributed by atoms with Crippen LogP contribution in [-0.4, -0.2) is 46.5 Å². The van der Waals surface area contributed by atoms with Crippen LogP contribution in [0.1, 0.15) is 27.7 Å². The van der Waals surface area contributed by atoms with Gasteiger partial charge in [0.2, 0.25) is 0 Å². The molecule has 4 unspecified atom stereocenters. The van der Waals surface area contributed by atoms with E-state index in [1.54, 1.807) is 13.8 Å². The molecule has 4 atom stereocenters. The SMILES string of the molecule is CC(O)C(C)N(C)C(C)C(C)O. The topological polar surface area (TPSA) is 43.7 Å². The minimum absolute atomic E-state index is 0.0783. The molecule has 0 bridgehead atoms. The largest absolute Gasteiger partial charge is 0.392 e. The van der Waals surface area contributed by atoms with Gasteiger partial charge >= 0.3 is 0 Å². The average molecular weight is 175 g/mol. The fourth-order valence-corrected chi connectivity index (χ4v) is 1.05. The van der Waals surface area contributed by atoms with Crippen LogP contribution in [0.5, 0.6) is 0 Å². The summed E-state index contributed by atoms with van der Waals surface area (Å²) in [4.78, 5) is 1.98. The van der Waals surface area contributed by atoms with Crippen molar-refractivity contribution >= 4 is 0 Å². The molecule has 0 amide bonds. The molecule has 0 aliphatic carbocycles. The van der Waals surface area contributed by atoms with E-state index in [0.29, 0.717) is 0 Å². The van der Waals surface area contributed by atoms with Crippen molar-refractivity contribution in [3.05, 3.63) is 0 Å². The molecule has 74 valence electrons. The third-order valence-electron chi connectivity index (χ3n) is 2.68. The first-order valence-corrected chi connectivity index (χ1v) is 4.46. The minimum atomic E-state index is -0.365. The summed E-state index contributed by atoms with van der Waals surface area (Å²) in [5.74, 6) is 0. The lowest BCUT2D eigenvalue weighted by Crippen LogP contribution is -2.46. The third-order valence-corrected chi connectivity index (χ3v) is 2.68. The molecular weight excluding hydrogens is 154 g/mol. The van der Waals surface area contributed by atoms with Crippen LogP contribution in [0.2, 0.25) is 0 Å². The lowest BCUT2D eigenvalue weighted by atomic mass is 10.1. The van der Waals surface area contributed by atoms with Gasteiger partial charge in [-0.1, -0.05) is 0 Å². The van der Waals surface area contributed by atoms with Crippen LogP contribution >= 0.6 is 0 Å². The lowest BCUT2D eigenvalue weighted by Gasteiger charge is -2.33. The molecule has 0 aromatic rings. The van der Waals surface area contributed by atoms with E-state index in [0.717, 1.165) is 0 Å². The molecule has 0 spiro atoms. The highest BCUT2D eigenvalue weighted by molar-refractivity contribution is 4.76. The number of hydrogen-bond acceptors (Lipinski definition) is 3. The second kappa shape index (κ2) is 4.80. The number of hydrogen-bond donors (Lipinski definition) is 2. The van der Waals surface area contributed by atoms with Crippen LogP contribution in [0.4, 0.5) is 0 Å². The maximum Gasteiger partial charge on any atom is 0.0664 e. The van der Waals surface area contributed by atoms with Crippen LogP contribution in [0.15, 0.2) is 0 Å². The summed E-state index contributed by atoms with van der Waals surface area (Å²) in [7, 11) is 1.91. The van der Waals surface area contributed by atoms with Crippen molar-refractivity contribution < 1.29 is 10.2 Å². The van der Waals surface area contributed by atoms with Gasteiger partial charge in [-0.3, -0.25) is 4.90 Å². The Morgan fingerprint density at radius 1 is 0.833 bits per heavy atom. The van der Waals surface area contributed by atoms with Crippen LogP contribution in [-0.2, 0) is 0 Å². The monoisotopic (exact) mass is 175 g/mol. The van der Waals surface area contributed by atoms with E-state index in [1.165, 1.54) is 0 Å². The summed E-state index contributed by atoms with van der Waals surface area (Å²) in [6, 6.07) is 0.157. The first-order valence-electron chi connectivity index (χ1n) is 4.46. The Bertz CT molecular complexity index is 112. The molecule has 12 heavy (non-hydrogen) atoms. The lowest BCUT2D eigenvalue weighted by molar-refractivity contribution is 0.0195. The van der Waals surface area contributed by atoms with Gasteiger partial charge in [0.25, 0.3) is 0 Å². The van der Waals surface area contributed by atoms with Crippen molar-refractivity contribution in [3.63, 3.8) is 0 Å². The molecule has 3 heteroatoms. The highest BCUT2D eigenvalue weighted by atomic mass is 16.3. The van der Waals surface area contributed by atoms with E-state index >= 15 is 0 Å². The van der Waals surface area contributed by atoms with Crippen LogP contribution < -0.4 is 0 Å². The molecule has 0 aliphatic rings. The molecule has 0 saturated heterocycles. The molecule has 0 aromatic carbocycles. The van der Waals surface area contributed by atoms with Crippen molar-refractivity contribution in [2.24, 2.45) is 0 Å². The molecule has 0 aromatic heterocycles. The standard InChI is InChI=1S/C9H21NO2/c1-6(8(3)11)10(5)7(2)9(4)12/h6-9,11-12H,1-5H3. The maximum atomic E-state index is 9.30. The van der Waals surface area contributed by atoms with Gasteiger partial charge in [0, 0.05) is 12.1 Å². The Kier molecular flexibility index (Phi) is 4.75. The predicted octanol–water partition coefficient (Wildman–Crippen LogP) is 0.457. The fourth-order valence-electron chi connectivity index (χ4n) is 1.05. The zero-order valence-corrected chi connectivity index (χ0v) is 8.65. The zero-order chi connectivity index (χ0) is 9.89. The summed E-state index contributed by atoms with van der Waals surface area (Å²) in [5.41, 5.74) is 0. The van der Waals surface area contributed by atoms with Gasteiger partial charge in [0.15, 0.2) is 0 Å². The van der Waals surface area contributed by atoms with Crippen molar-refractivity contribution in [2.45, 2.75) is 52.0 Å². The second-order valence-electron chi connectivity index (χ2n) is 3.63. The normalized spacial score (nSPS) is 22.0. The fraction of sp³-hybridized carbons (Fsp3) is 1.00. The van der Waals surface area contributed by atoms with Crippen molar-refractivity contribution in [3.8, 4) is 0 Å². The van der Waals surface area contributed by atoms with Crippen LogP contribution in [0.25, 0.3) is 0 Å². The van der Waals surface area contributed by atoms with Crippen LogP contribution in [0, 0.1) is 0 Å². The van der Waals surface area contributed by atoms with Gasteiger partial charge in [0.05, 0.1) is 12.2 Å². The molecule has 0 aliphatic heterocycles. The van der Waals surface area contributed by atoms with E-state index in [2.05, 4.69) is 0 Å². The second-order valence-corrected chi connectivity index (χ2v) is 3.63. The van der Waals surface area contributed by atoms with E-state index in [1.807, 2.05) is 25.8 Å². The first-order chi connectivity index (χ1) is 5.37. The molecule has 3 nitrogen and oxygen atoms in total. The van der Waals surface area contributed by atoms with Crippen molar-refractivity contribution in [1.82, 2.24) is 4.90 Å². The quantitative estimate of drug-likeness (QED) is 0.652. The minimum Gasteiger partial charge on any atom is -0.392 e. The summed E-state index contributed by atoms with van der Waals surface area (Å²) in [5, 5.41) is 18.6. The Balaban J connectivity index is 4.08. The number of rotatable bonds is 4. The van der Waals surface area contributed by atoms with Crippen molar-refractivity contribution in [2.75, 3.05) is 7.05 Å². The molecule has 0 rings (SSSR count). The number of nitrogens with zero attached hydrogens (tertiary/aromatic N) is 1. The van der Waals surface area contributed by atoms with Crippen LogP contribution in [0.3, 0.4) is 0 Å². The van der Waals surface area contributed by atoms with Crippen molar-refractivity contribution in [1.29, 1.82) is 0 Å². The van der Waals surface area contributed by atoms with E-state index < -0.39 is 0 Å².